The van der Waals surface area contributed by atoms with Crippen LogP contribution in [0.25, 0.3) is 11.2 Å². The molecule has 8 nitrogen and oxygen atoms in total. The molecule has 1 unspecified atom stereocenters. The molecule has 1 aliphatic rings. The lowest BCUT2D eigenvalue weighted by atomic mass is 10.1. The van der Waals surface area contributed by atoms with Crippen LogP contribution in [0.5, 0.6) is 0 Å². The molecule has 2 aromatic rings. The van der Waals surface area contributed by atoms with E-state index in [2.05, 4.69) is 24.7 Å². The van der Waals surface area contributed by atoms with Crippen LogP contribution in [-0.2, 0) is 14.3 Å². The first-order valence-corrected chi connectivity index (χ1v) is 6.22. The fraction of sp³-hybridized carbons (Fsp3) is 0.364. The second-order valence-corrected chi connectivity index (χ2v) is 4.68. The van der Waals surface area contributed by atoms with E-state index in [1.54, 1.807) is 0 Å². The van der Waals surface area contributed by atoms with Crippen LogP contribution in [0.2, 0.25) is 5.28 Å². The number of nitrogens with one attached hydrogen (secondary N) is 1. The Morgan fingerprint density at radius 2 is 2.35 bits per heavy atom. The summed E-state index contributed by atoms with van der Waals surface area (Å²) >= 11 is 5.83. The van der Waals surface area contributed by atoms with Gasteiger partial charge in [0.05, 0.1) is 19.4 Å². The average molecular weight is 296 g/mol. The number of rotatable bonds is 2. The van der Waals surface area contributed by atoms with E-state index in [0.717, 1.165) is 0 Å². The number of carbonyl (C=O) groups is 2. The number of hydrogen-bond donors (Lipinski definition) is 1. The van der Waals surface area contributed by atoms with Crippen LogP contribution in [-0.4, -0.2) is 45.5 Å². The normalized spacial score (nSPS) is 18.8. The van der Waals surface area contributed by atoms with Crippen LogP contribution in [0.15, 0.2) is 6.33 Å². The van der Waals surface area contributed by atoms with Gasteiger partial charge in [-0.3, -0.25) is 14.5 Å². The number of hydrogen-bond acceptors (Lipinski definition) is 6. The molecule has 3 heterocycles. The molecule has 0 aliphatic carbocycles. The Morgan fingerprint density at radius 3 is 3.10 bits per heavy atom. The maximum atomic E-state index is 12.1. The summed E-state index contributed by atoms with van der Waals surface area (Å²) in [6.45, 7) is 0.201. The summed E-state index contributed by atoms with van der Waals surface area (Å²) in [6.07, 6.45) is 1.53. The molecule has 1 fully saturated rings. The molecule has 0 radical (unpaired) electrons. The molecular formula is C11H10ClN5O3. The first-order valence-electron chi connectivity index (χ1n) is 5.85. The van der Waals surface area contributed by atoms with Gasteiger partial charge in [-0.1, -0.05) is 0 Å². The van der Waals surface area contributed by atoms with Crippen LogP contribution in [0.3, 0.4) is 0 Å². The highest BCUT2D eigenvalue weighted by molar-refractivity contribution is 6.28. The molecule has 1 atom stereocenters. The quantitative estimate of drug-likeness (QED) is 0.641. The molecule has 104 valence electrons. The molecule has 0 spiro atoms. The van der Waals surface area contributed by atoms with Gasteiger partial charge in [0.15, 0.2) is 11.5 Å². The largest absolute Gasteiger partial charge is 0.469 e. The molecule has 1 N–H and O–H groups in total. The van der Waals surface area contributed by atoms with Crippen molar-refractivity contribution >= 4 is 40.5 Å². The highest BCUT2D eigenvalue weighted by atomic mass is 35.5. The van der Waals surface area contributed by atoms with Gasteiger partial charge in [-0.25, -0.2) is 4.98 Å². The number of fused-ring (bicyclic) bond motifs is 1. The molecule has 20 heavy (non-hydrogen) atoms. The van der Waals surface area contributed by atoms with Crippen molar-refractivity contribution in [1.82, 2.24) is 19.9 Å². The topological polar surface area (TPSA) is 101 Å². The van der Waals surface area contributed by atoms with Gasteiger partial charge >= 0.3 is 5.97 Å². The van der Waals surface area contributed by atoms with Crippen molar-refractivity contribution in [3.8, 4) is 0 Å². The Kier molecular flexibility index (Phi) is 3.01. The first kappa shape index (κ1) is 12.8. The standard InChI is InChI=1S/C11H10ClN5O3/c1-20-10(19)5-2-6(18)17(3-5)9-7-8(14-4-13-7)15-11(12)16-9/h4-5H,2-3H2,1H3,(H,13,14,15,16). The zero-order chi connectivity index (χ0) is 14.3. The zero-order valence-electron chi connectivity index (χ0n) is 10.5. The minimum atomic E-state index is -0.501. The molecular weight excluding hydrogens is 286 g/mol. The van der Waals surface area contributed by atoms with Gasteiger partial charge in [-0.2, -0.15) is 9.97 Å². The summed E-state index contributed by atoms with van der Waals surface area (Å²) in [4.78, 5) is 39.9. The number of esters is 1. The van der Waals surface area contributed by atoms with E-state index in [-0.39, 0.29) is 24.2 Å². The maximum Gasteiger partial charge on any atom is 0.311 e. The highest BCUT2D eigenvalue weighted by Crippen LogP contribution is 2.29. The maximum absolute atomic E-state index is 12.1. The molecule has 1 amide bonds. The number of aromatic amines is 1. The molecule has 0 aromatic carbocycles. The number of aromatic nitrogens is 4. The Bertz CT molecular complexity index is 700. The Morgan fingerprint density at radius 1 is 1.55 bits per heavy atom. The second kappa shape index (κ2) is 4.71. The van der Waals surface area contributed by atoms with Gasteiger partial charge in [0.1, 0.15) is 5.52 Å². The van der Waals surface area contributed by atoms with Crippen LogP contribution in [0.1, 0.15) is 6.42 Å². The van der Waals surface area contributed by atoms with Crippen molar-refractivity contribution in [2.24, 2.45) is 5.92 Å². The van der Waals surface area contributed by atoms with Gasteiger partial charge in [-0.05, 0) is 11.6 Å². The summed E-state index contributed by atoms with van der Waals surface area (Å²) in [7, 11) is 1.30. The number of H-pyrrole nitrogens is 1. The van der Waals surface area contributed by atoms with Gasteiger partial charge in [0.2, 0.25) is 11.2 Å². The van der Waals surface area contributed by atoms with Crippen LogP contribution in [0.4, 0.5) is 5.82 Å². The molecule has 0 saturated carbocycles. The number of methoxy groups -OCH3 is 1. The second-order valence-electron chi connectivity index (χ2n) is 4.35. The third-order valence-electron chi connectivity index (χ3n) is 3.15. The first-order chi connectivity index (χ1) is 9.60. The van der Waals surface area contributed by atoms with E-state index in [4.69, 9.17) is 11.6 Å². The van der Waals surface area contributed by atoms with E-state index in [0.29, 0.717) is 17.0 Å². The molecule has 0 bridgehead atoms. The smallest absolute Gasteiger partial charge is 0.311 e. The number of amides is 1. The van der Waals surface area contributed by atoms with E-state index >= 15 is 0 Å². The van der Waals surface area contributed by atoms with Crippen molar-refractivity contribution in [2.45, 2.75) is 6.42 Å². The summed E-state index contributed by atoms with van der Waals surface area (Å²) in [5.41, 5.74) is 0.877. The summed E-state index contributed by atoms with van der Waals surface area (Å²) in [6, 6.07) is 0. The summed E-state index contributed by atoms with van der Waals surface area (Å²) in [5.74, 6) is -0.805. The monoisotopic (exact) mass is 295 g/mol. The third kappa shape index (κ3) is 1.97. The predicted molar refractivity (Wildman–Crippen MR) is 69.2 cm³/mol. The fourth-order valence-electron chi connectivity index (χ4n) is 2.22. The van der Waals surface area contributed by atoms with Gasteiger partial charge in [0, 0.05) is 13.0 Å². The average Bonchev–Trinajstić information content (AvgIpc) is 3.03. The highest BCUT2D eigenvalue weighted by Gasteiger charge is 2.37. The van der Waals surface area contributed by atoms with Gasteiger partial charge < -0.3 is 9.72 Å². The predicted octanol–water partition coefficient (Wildman–Crippen LogP) is 0.532. The number of halogens is 1. The van der Waals surface area contributed by atoms with Gasteiger partial charge in [-0.15, -0.1) is 0 Å². The summed E-state index contributed by atoms with van der Waals surface area (Å²) < 4.78 is 4.67. The van der Waals surface area contributed by atoms with Crippen LogP contribution >= 0.6 is 11.6 Å². The lowest BCUT2D eigenvalue weighted by Gasteiger charge is -2.15. The molecule has 1 saturated heterocycles. The van der Waals surface area contributed by atoms with Crippen LogP contribution in [0, 0.1) is 5.92 Å². The molecule has 3 rings (SSSR count). The van der Waals surface area contributed by atoms with Crippen LogP contribution < -0.4 is 4.90 Å². The third-order valence-corrected chi connectivity index (χ3v) is 3.32. The molecule has 9 heteroatoms. The van der Waals surface area contributed by atoms with Crippen molar-refractivity contribution in [3.05, 3.63) is 11.6 Å². The number of nitrogens with zero attached hydrogens (tertiary/aromatic N) is 4. The van der Waals surface area contributed by atoms with E-state index in [1.807, 2.05) is 0 Å². The summed E-state index contributed by atoms with van der Waals surface area (Å²) in [5, 5.41) is -0.00563. The number of carbonyl (C=O) groups excluding carboxylic acids is 2. The molecule has 2 aromatic heterocycles. The Labute approximate surface area is 118 Å². The van der Waals surface area contributed by atoms with E-state index in [9.17, 15) is 9.59 Å². The van der Waals surface area contributed by atoms with Crippen molar-refractivity contribution in [2.75, 3.05) is 18.6 Å². The van der Waals surface area contributed by atoms with E-state index in [1.165, 1.54) is 18.3 Å². The van der Waals surface area contributed by atoms with Crippen molar-refractivity contribution in [1.29, 1.82) is 0 Å². The SMILES string of the molecule is COC(=O)C1CC(=O)N(c2nc(Cl)nc3nc[nH]c23)C1. The fourth-order valence-corrected chi connectivity index (χ4v) is 2.38. The lowest BCUT2D eigenvalue weighted by molar-refractivity contribution is -0.145. The minimum absolute atomic E-state index is 0.00563. The lowest BCUT2D eigenvalue weighted by Crippen LogP contribution is -2.27. The number of ether oxygens (including phenoxy) is 1. The van der Waals surface area contributed by atoms with E-state index < -0.39 is 11.9 Å². The zero-order valence-corrected chi connectivity index (χ0v) is 11.2. The number of imidazole rings is 1. The van der Waals surface area contributed by atoms with Gasteiger partial charge in [0.25, 0.3) is 0 Å². The Hall–Kier alpha value is -2.22. The number of anilines is 1. The van der Waals surface area contributed by atoms with Crippen molar-refractivity contribution in [3.63, 3.8) is 0 Å². The Balaban J connectivity index is 2.01. The minimum Gasteiger partial charge on any atom is -0.469 e. The molecule has 1 aliphatic heterocycles. The van der Waals surface area contributed by atoms with Crippen molar-refractivity contribution < 1.29 is 14.3 Å².